The van der Waals surface area contributed by atoms with Crippen LogP contribution in [0, 0.1) is 10.5 Å². The molecule has 0 bridgehead atoms. The van der Waals surface area contributed by atoms with E-state index in [-0.39, 0.29) is 14.8 Å². The zero-order chi connectivity index (χ0) is 12.5. The summed E-state index contributed by atoms with van der Waals surface area (Å²) < 4.78 is 40.0. The smallest absolute Gasteiger partial charge is 0.403 e. The number of alkyl halides is 3. The second-order valence-corrected chi connectivity index (χ2v) is 4.14. The van der Waals surface area contributed by atoms with E-state index >= 15 is 0 Å². The molecular weight excluding hydrogens is 361 g/mol. The predicted molar refractivity (Wildman–Crippen MR) is 58.6 cm³/mol. The fourth-order valence-corrected chi connectivity index (χ4v) is 2.12. The monoisotopic (exact) mass is 365 g/mol. The van der Waals surface area contributed by atoms with E-state index in [0.717, 1.165) is 6.20 Å². The standard InChI is InChI=1S/C8H4ClF3INO2/c1-3-6(16-8(10,11)12)5(13)4(2-14-3)7(9)15/h2H,1H3. The SMILES string of the molecule is Cc1ncc(C(=O)Cl)c(I)c1OC(F)(F)F. The van der Waals surface area contributed by atoms with E-state index < -0.39 is 17.4 Å². The molecule has 1 aromatic heterocycles. The van der Waals surface area contributed by atoms with Gasteiger partial charge >= 0.3 is 6.36 Å². The maximum Gasteiger partial charge on any atom is 0.573 e. The number of aryl methyl sites for hydroxylation is 1. The maximum absolute atomic E-state index is 12.1. The average Bonchev–Trinajstić information content (AvgIpc) is 2.10. The van der Waals surface area contributed by atoms with Gasteiger partial charge in [-0.1, -0.05) is 0 Å². The number of rotatable bonds is 2. The molecule has 0 amide bonds. The Hall–Kier alpha value is -0.570. The highest BCUT2D eigenvalue weighted by Gasteiger charge is 2.33. The summed E-state index contributed by atoms with van der Waals surface area (Å²) in [6.45, 7) is 1.34. The van der Waals surface area contributed by atoms with Gasteiger partial charge in [-0.05, 0) is 41.1 Å². The molecule has 0 aliphatic heterocycles. The van der Waals surface area contributed by atoms with Gasteiger partial charge in [-0.3, -0.25) is 9.78 Å². The number of ether oxygens (including phenoxy) is 1. The zero-order valence-corrected chi connectivity index (χ0v) is 10.6. The molecule has 0 aliphatic rings. The van der Waals surface area contributed by atoms with Gasteiger partial charge in [-0.15, -0.1) is 13.2 Å². The van der Waals surface area contributed by atoms with Crippen LogP contribution >= 0.6 is 34.2 Å². The second-order valence-electron chi connectivity index (χ2n) is 2.72. The predicted octanol–water partition coefficient (Wildman–Crippen LogP) is 3.27. The van der Waals surface area contributed by atoms with Gasteiger partial charge in [0.25, 0.3) is 5.24 Å². The lowest BCUT2D eigenvalue weighted by Crippen LogP contribution is -2.19. The molecule has 0 unspecified atom stereocenters. The van der Waals surface area contributed by atoms with E-state index in [2.05, 4.69) is 9.72 Å². The highest BCUT2D eigenvalue weighted by atomic mass is 127. The number of aromatic nitrogens is 1. The molecule has 0 aromatic carbocycles. The molecule has 3 nitrogen and oxygen atoms in total. The normalized spacial score (nSPS) is 11.4. The Morgan fingerprint density at radius 2 is 2.12 bits per heavy atom. The Balaban J connectivity index is 3.27. The lowest BCUT2D eigenvalue weighted by Gasteiger charge is -2.13. The van der Waals surface area contributed by atoms with Gasteiger partial charge in [0.15, 0.2) is 5.75 Å². The molecule has 1 rings (SSSR count). The van der Waals surface area contributed by atoms with Crippen molar-refractivity contribution in [1.82, 2.24) is 4.98 Å². The largest absolute Gasteiger partial charge is 0.573 e. The van der Waals surface area contributed by atoms with Crippen LogP contribution in [0.3, 0.4) is 0 Å². The quantitative estimate of drug-likeness (QED) is 0.596. The van der Waals surface area contributed by atoms with Crippen LogP contribution in [0.4, 0.5) is 13.2 Å². The molecule has 0 spiro atoms. The van der Waals surface area contributed by atoms with E-state index in [1.54, 1.807) is 22.6 Å². The first-order valence-electron chi connectivity index (χ1n) is 3.83. The summed E-state index contributed by atoms with van der Waals surface area (Å²) in [5, 5.41) is -0.885. The number of halogens is 5. The number of carbonyl (C=O) groups is 1. The van der Waals surface area contributed by atoms with Crippen molar-refractivity contribution in [2.75, 3.05) is 0 Å². The van der Waals surface area contributed by atoms with Crippen LogP contribution in [-0.2, 0) is 0 Å². The lowest BCUT2D eigenvalue weighted by atomic mass is 10.2. The molecule has 1 aromatic rings. The van der Waals surface area contributed by atoms with Crippen molar-refractivity contribution in [3.63, 3.8) is 0 Å². The molecule has 0 fully saturated rings. The minimum absolute atomic E-state index is 0.0116. The topological polar surface area (TPSA) is 39.2 Å². The molecule has 0 aliphatic carbocycles. The van der Waals surface area contributed by atoms with Crippen molar-refractivity contribution in [2.24, 2.45) is 0 Å². The fraction of sp³-hybridized carbons (Fsp3) is 0.250. The first kappa shape index (κ1) is 13.5. The van der Waals surface area contributed by atoms with Crippen molar-refractivity contribution < 1.29 is 22.7 Å². The molecule has 16 heavy (non-hydrogen) atoms. The van der Waals surface area contributed by atoms with Gasteiger partial charge in [0.2, 0.25) is 0 Å². The Bertz CT molecular complexity index is 436. The van der Waals surface area contributed by atoms with Crippen molar-refractivity contribution in [2.45, 2.75) is 13.3 Å². The lowest BCUT2D eigenvalue weighted by molar-refractivity contribution is -0.275. The van der Waals surface area contributed by atoms with Crippen molar-refractivity contribution in [3.05, 3.63) is 21.0 Å². The molecule has 88 valence electrons. The number of pyridine rings is 1. The summed E-state index contributed by atoms with van der Waals surface area (Å²) >= 11 is 6.74. The van der Waals surface area contributed by atoms with Gasteiger partial charge in [0.1, 0.15) is 0 Å². The van der Waals surface area contributed by atoms with Crippen LogP contribution < -0.4 is 4.74 Å². The van der Waals surface area contributed by atoms with E-state index in [0.29, 0.717) is 0 Å². The van der Waals surface area contributed by atoms with Crippen LogP contribution in [0.5, 0.6) is 5.75 Å². The molecule has 1 heterocycles. The highest BCUT2D eigenvalue weighted by molar-refractivity contribution is 14.1. The molecule has 0 N–H and O–H groups in total. The van der Waals surface area contributed by atoms with Gasteiger partial charge in [-0.25, -0.2) is 0 Å². The summed E-state index contributed by atoms with van der Waals surface area (Å²) in [5.41, 5.74) is -0.0875. The van der Waals surface area contributed by atoms with E-state index in [4.69, 9.17) is 11.6 Å². The minimum Gasteiger partial charge on any atom is -0.403 e. The third-order valence-electron chi connectivity index (χ3n) is 1.58. The summed E-state index contributed by atoms with van der Waals surface area (Å²) in [6.07, 6.45) is -3.73. The summed E-state index contributed by atoms with van der Waals surface area (Å²) in [7, 11) is 0. The van der Waals surface area contributed by atoms with Crippen LogP contribution in [0.1, 0.15) is 16.1 Å². The third kappa shape index (κ3) is 3.21. The summed E-state index contributed by atoms with van der Waals surface area (Å²) in [4.78, 5) is 14.5. The molecule has 0 saturated carbocycles. The summed E-state index contributed by atoms with van der Waals surface area (Å²) in [5.74, 6) is -0.500. The van der Waals surface area contributed by atoms with E-state index in [9.17, 15) is 18.0 Å². The number of nitrogens with zero attached hydrogens (tertiary/aromatic N) is 1. The Kier molecular flexibility index (Phi) is 4.00. The number of carbonyl (C=O) groups excluding carboxylic acids is 1. The average molecular weight is 365 g/mol. The van der Waals surface area contributed by atoms with Gasteiger partial charge in [0.05, 0.1) is 14.8 Å². The second kappa shape index (κ2) is 4.74. The van der Waals surface area contributed by atoms with Crippen molar-refractivity contribution in [1.29, 1.82) is 0 Å². The Morgan fingerprint density at radius 1 is 1.56 bits per heavy atom. The third-order valence-corrected chi connectivity index (χ3v) is 2.86. The zero-order valence-electron chi connectivity index (χ0n) is 7.73. The van der Waals surface area contributed by atoms with Crippen molar-refractivity contribution in [3.8, 4) is 5.75 Å². The molecule has 8 heteroatoms. The van der Waals surface area contributed by atoms with Crippen LogP contribution in [0.15, 0.2) is 6.20 Å². The number of hydrogen-bond acceptors (Lipinski definition) is 3. The van der Waals surface area contributed by atoms with Gasteiger partial charge in [-0.2, -0.15) is 0 Å². The maximum atomic E-state index is 12.1. The number of hydrogen-bond donors (Lipinski definition) is 0. The van der Waals surface area contributed by atoms with Gasteiger partial charge in [0, 0.05) is 6.20 Å². The fourth-order valence-electron chi connectivity index (χ4n) is 0.929. The molecule has 0 radical (unpaired) electrons. The van der Waals surface area contributed by atoms with Gasteiger partial charge < -0.3 is 4.74 Å². The molecular formula is C8H4ClF3INO2. The minimum atomic E-state index is -4.83. The van der Waals surface area contributed by atoms with E-state index in [1.807, 2.05) is 0 Å². The molecule has 0 atom stereocenters. The Morgan fingerprint density at radius 3 is 2.56 bits per heavy atom. The first-order chi connectivity index (χ1) is 7.22. The summed E-state index contributed by atoms with van der Waals surface area (Å²) in [6, 6.07) is 0. The molecule has 0 saturated heterocycles. The van der Waals surface area contributed by atoms with Crippen LogP contribution in [0.25, 0.3) is 0 Å². The van der Waals surface area contributed by atoms with Crippen LogP contribution in [-0.4, -0.2) is 16.6 Å². The van der Waals surface area contributed by atoms with Crippen LogP contribution in [0.2, 0.25) is 0 Å². The first-order valence-corrected chi connectivity index (χ1v) is 5.28. The Labute approximate surface area is 107 Å². The van der Waals surface area contributed by atoms with E-state index in [1.165, 1.54) is 6.92 Å². The van der Waals surface area contributed by atoms with Crippen molar-refractivity contribution >= 4 is 39.4 Å². The highest BCUT2D eigenvalue weighted by Crippen LogP contribution is 2.32.